The molecule has 0 aliphatic rings. The average molecular weight is 265 g/mol. The third kappa shape index (κ3) is 4.56. The van der Waals surface area contributed by atoms with Crippen LogP contribution in [0.15, 0.2) is 18.2 Å². The van der Waals surface area contributed by atoms with Gasteiger partial charge in [-0.2, -0.15) is 0 Å². The maximum absolute atomic E-state index is 12.3. The number of carbonyl (C=O) groups is 1. The number of ketones is 1. The van der Waals surface area contributed by atoms with Crippen molar-refractivity contribution in [2.45, 2.75) is 32.1 Å². The molecule has 1 aromatic carbocycles. The van der Waals surface area contributed by atoms with E-state index in [0.717, 1.165) is 25.7 Å². The fourth-order valence-electron chi connectivity index (χ4n) is 2.03. The number of rotatable bonds is 9. The van der Waals surface area contributed by atoms with Crippen molar-refractivity contribution in [2.24, 2.45) is 5.73 Å². The summed E-state index contributed by atoms with van der Waals surface area (Å²) in [6.45, 7) is 0.717. The van der Waals surface area contributed by atoms with E-state index < -0.39 is 0 Å². The van der Waals surface area contributed by atoms with Gasteiger partial charge in [-0.3, -0.25) is 4.79 Å². The lowest BCUT2D eigenvalue weighted by Gasteiger charge is -2.11. The molecule has 0 fully saturated rings. The molecule has 0 amide bonds. The van der Waals surface area contributed by atoms with Gasteiger partial charge in [0, 0.05) is 6.42 Å². The van der Waals surface area contributed by atoms with E-state index in [-0.39, 0.29) is 5.78 Å². The Morgan fingerprint density at radius 3 is 2.16 bits per heavy atom. The summed E-state index contributed by atoms with van der Waals surface area (Å²) in [5.41, 5.74) is 5.98. The Balaban J connectivity index is 2.65. The molecular weight excluding hydrogens is 242 g/mol. The number of hydrogen-bond acceptors (Lipinski definition) is 4. The SMILES string of the molecule is COc1cccc(OC)c1C(=O)CCCCCCN. The van der Waals surface area contributed by atoms with Crippen molar-refractivity contribution in [1.29, 1.82) is 0 Å². The highest BCUT2D eigenvalue weighted by molar-refractivity contribution is 6.01. The van der Waals surface area contributed by atoms with Crippen LogP contribution in [0.5, 0.6) is 11.5 Å². The lowest BCUT2D eigenvalue weighted by atomic mass is 10.0. The van der Waals surface area contributed by atoms with Crippen LogP contribution in [0.4, 0.5) is 0 Å². The van der Waals surface area contributed by atoms with E-state index in [4.69, 9.17) is 15.2 Å². The van der Waals surface area contributed by atoms with Crippen molar-refractivity contribution in [2.75, 3.05) is 20.8 Å². The number of hydrogen-bond donors (Lipinski definition) is 1. The summed E-state index contributed by atoms with van der Waals surface area (Å²) in [5, 5.41) is 0. The third-order valence-corrected chi connectivity index (χ3v) is 3.06. The molecule has 1 aromatic rings. The second-order valence-corrected chi connectivity index (χ2v) is 4.41. The highest BCUT2D eigenvalue weighted by Gasteiger charge is 2.17. The molecular formula is C15H23NO3. The van der Waals surface area contributed by atoms with Gasteiger partial charge in [-0.1, -0.05) is 18.9 Å². The highest BCUT2D eigenvalue weighted by atomic mass is 16.5. The number of benzene rings is 1. The zero-order valence-corrected chi connectivity index (χ0v) is 11.8. The number of ether oxygens (including phenoxy) is 2. The molecule has 0 unspecified atom stereocenters. The zero-order valence-electron chi connectivity index (χ0n) is 11.8. The number of carbonyl (C=O) groups excluding carboxylic acids is 1. The Kier molecular flexibility index (Phi) is 6.97. The molecule has 1 rings (SSSR count). The number of unbranched alkanes of at least 4 members (excludes halogenated alkanes) is 3. The van der Waals surface area contributed by atoms with E-state index in [1.54, 1.807) is 26.4 Å². The summed E-state index contributed by atoms with van der Waals surface area (Å²) < 4.78 is 10.5. The molecule has 19 heavy (non-hydrogen) atoms. The maximum Gasteiger partial charge on any atom is 0.170 e. The third-order valence-electron chi connectivity index (χ3n) is 3.06. The van der Waals surface area contributed by atoms with Crippen molar-refractivity contribution >= 4 is 5.78 Å². The van der Waals surface area contributed by atoms with Crippen LogP contribution in [-0.4, -0.2) is 26.5 Å². The predicted octanol–water partition coefficient (Wildman–Crippen LogP) is 2.80. The molecule has 0 bridgehead atoms. The molecule has 4 nitrogen and oxygen atoms in total. The van der Waals surface area contributed by atoms with Gasteiger partial charge in [-0.05, 0) is 31.5 Å². The lowest BCUT2D eigenvalue weighted by molar-refractivity contribution is 0.0973. The predicted molar refractivity (Wildman–Crippen MR) is 76.0 cm³/mol. The minimum absolute atomic E-state index is 0.0713. The highest BCUT2D eigenvalue weighted by Crippen LogP contribution is 2.29. The Morgan fingerprint density at radius 2 is 1.63 bits per heavy atom. The largest absolute Gasteiger partial charge is 0.496 e. The van der Waals surface area contributed by atoms with E-state index in [1.165, 1.54) is 0 Å². The number of Topliss-reactive ketones (excluding diaryl/α,β-unsaturated/α-hetero) is 1. The van der Waals surface area contributed by atoms with Gasteiger partial charge in [0.1, 0.15) is 17.1 Å². The molecule has 0 heterocycles. The van der Waals surface area contributed by atoms with Gasteiger partial charge in [-0.15, -0.1) is 0 Å². The summed E-state index contributed by atoms with van der Waals surface area (Å²) in [6, 6.07) is 5.38. The summed E-state index contributed by atoms with van der Waals surface area (Å²) in [4.78, 5) is 12.3. The second kappa shape index (κ2) is 8.53. The number of nitrogens with two attached hydrogens (primary N) is 1. The molecule has 0 saturated heterocycles. The first kappa shape index (κ1) is 15.5. The molecule has 0 aromatic heterocycles. The van der Waals surface area contributed by atoms with E-state index in [2.05, 4.69) is 0 Å². The van der Waals surface area contributed by atoms with Gasteiger partial charge in [-0.25, -0.2) is 0 Å². The van der Waals surface area contributed by atoms with Crippen molar-refractivity contribution in [3.8, 4) is 11.5 Å². The molecule has 0 saturated carbocycles. The Labute approximate surface area is 114 Å². The monoisotopic (exact) mass is 265 g/mol. The summed E-state index contributed by atoms with van der Waals surface area (Å²) in [6.07, 6.45) is 4.51. The van der Waals surface area contributed by atoms with E-state index >= 15 is 0 Å². The molecule has 0 radical (unpaired) electrons. The summed E-state index contributed by atoms with van der Waals surface area (Å²) >= 11 is 0. The molecule has 2 N–H and O–H groups in total. The van der Waals surface area contributed by atoms with Gasteiger partial charge in [0.15, 0.2) is 5.78 Å². The van der Waals surface area contributed by atoms with Crippen LogP contribution in [-0.2, 0) is 0 Å². The van der Waals surface area contributed by atoms with Gasteiger partial charge in [0.05, 0.1) is 14.2 Å². The van der Waals surface area contributed by atoms with Gasteiger partial charge >= 0.3 is 0 Å². The van der Waals surface area contributed by atoms with Crippen molar-refractivity contribution < 1.29 is 14.3 Å². The fourth-order valence-corrected chi connectivity index (χ4v) is 2.03. The summed E-state index contributed by atoms with van der Waals surface area (Å²) in [7, 11) is 3.12. The molecule has 106 valence electrons. The maximum atomic E-state index is 12.3. The van der Waals surface area contributed by atoms with Gasteiger partial charge in [0.25, 0.3) is 0 Å². The average Bonchev–Trinajstić information content (AvgIpc) is 2.45. The lowest BCUT2D eigenvalue weighted by Crippen LogP contribution is -2.05. The summed E-state index contributed by atoms with van der Waals surface area (Å²) in [5.74, 6) is 1.22. The second-order valence-electron chi connectivity index (χ2n) is 4.41. The first-order valence-electron chi connectivity index (χ1n) is 6.68. The molecule has 4 heteroatoms. The normalized spacial score (nSPS) is 10.3. The van der Waals surface area contributed by atoms with Gasteiger partial charge < -0.3 is 15.2 Å². The van der Waals surface area contributed by atoms with Crippen molar-refractivity contribution in [3.05, 3.63) is 23.8 Å². The first-order chi connectivity index (χ1) is 9.24. The topological polar surface area (TPSA) is 61.5 Å². The van der Waals surface area contributed by atoms with E-state index in [0.29, 0.717) is 30.0 Å². The van der Waals surface area contributed by atoms with Crippen LogP contribution in [0.2, 0.25) is 0 Å². The van der Waals surface area contributed by atoms with Crippen molar-refractivity contribution in [3.63, 3.8) is 0 Å². The van der Waals surface area contributed by atoms with E-state index in [1.807, 2.05) is 6.07 Å². The number of methoxy groups -OCH3 is 2. The Morgan fingerprint density at radius 1 is 1.05 bits per heavy atom. The fraction of sp³-hybridized carbons (Fsp3) is 0.533. The van der Waals surface area contributed by atoms with E-state index in [9.17, 15) is 4.79 Å². The minimum Gasteiger partial charge on any atom is -0.496 e. The van der Waals surface area contributed by atoms with Crippen LogP contribution in [0.1, 0.15) is 42.5 Å². The van der Waals surface area contributed by atoms with Crippen LogP contribution in [0.3, 0.4) is 0 Å². The molecule has 0 atom stereocenters. The Hall–Kier alpha value is -1.55. The molecule has 0 aliphatic carbocycles. The minimum atomic E-state index is 0.0713. The van der Waals surface area contributed by atoms with Crippen LogP contribution in [0.25, 0.3) is 0 Å². The first-order valence-corrected chi connectivity index (χ1v) is 6.68. The molecule has 0 aliphatic heterocycles. The molecule has 0 spiro atoms. The van der Waals surface area contributed by atoms with Crippen molar-refractivity contribution in [1.82, 2.24) is 0 Å². The Bertz CT molecular complexity index is 382. The van der Waals surface area contributed by atoms with Crippen LogP contribution >= 0.6 is 0 Å². The van der Waals surface area contributed by atoms with Gasteiger partial charge in [0.2, 0.25) is 0 Å². The zero-order chi connectivity index (χ0) is 14.1. The quantitative estimate of drug-likeness (QED) is 0.551. The smallest absolute Gasteiger partial charge is 0.170 e. The standard InChI is InChI=1S/C15H23NO3/c1-18-13-9-7-10-14(19-2)15(13)12(17)8-5-3-4-6-11-16/h7,9-10H,3-6,8,11,16H2,1-2H3. The van der Waals surface area contributed by atoms with Crippen LogP contribution < -0.4 is 15.2 Å². The van der Waals surface area contributed by atoms with Crippen LogP contribution in [0, 0.1) is 0 Å².